The lowest BCUT2D eigenvalue weighted by Crippen LogP contribution is -2.22. The molecule has 0 saturated carbocycles. The summed E-state index contributed by atoms with van der Waals surface area (Å²) in [5, 5.41) is 2.08. The maximum absolute atomic E-state index is 13.2. The number of carbonyl (C=O) groups excluding carboxylic acids is 2. The van der Waals surface area contributed by atoms with Crippen LogP contribution in [0.15, 0.2) is 59.6 Å². The van der Waals surface area contributed by atoms with E-state index in [9.17, 15) is 9.59 Å². The summed E-state index contributed by atoms with van der Waals surface area (Å²) >= 11 is 1.34. The van der Waals surface area contributed by atoms with Gasteiger partial charge in [0.1, 0.15) is 23.6 Å². The zero-order valence-corrected chi connectivity index (χ0v) is 18.1. The van der Waals surface area contributed by atoms with Crippen molar-refractivity contribution >= 4 is 44.2 Å². The summed E-state index contributed by atoms with van der Waals surface area (Å²) in [4.78, 5) is 30.0. The molecule has 0 unspecified atom stereocenters. The fraction of sp³-hybridized carbons (Fsp3) is 0.174. The molecule has 8 heteroatoms. The Morgan fingerprint density at radius 3 is 2.32 bits per heavy atom. The zero-order valence-electron chi connectivity index (χ0n) is 17.2. The number of rotatable bonds is 5. The van der Waals surface area contributed by atoms with Crippen molar-refractivity contribution in [3.05, 3.63) is 65.0 Å². The van der Waals surface area contributed by atoms with Gasteiger partial charge >= 0.3 is 5.97 Å². The number of hydrogen-bond donors (Lipinski definition) is 0. The Kier molecular flexibility index (Phi) is 5.73. The topological polar surface area (TPSA) is 79.1 Å². The van der Waals surface area contributed by atoms with Gasteiger partial charge in [-0.1, -0.05) is 47.7 Å². The number of nitrogens with zero attached hydrogens (tertiary/aromatic N) is 2. The number of fused-ring (bicyclic) bond motifs is 3. The first kappa shape index (κ1) is 20.6. The van der Waals surface area contributed by atoms with E-state index in [4.69, 9.17) is 14.2 Å². The van der Waals surface area contributed by atoms with E-state index in [0.29, 0.717) is 16.3 Å². The smallest absolute Gasteiger partial charge is 0.325 e. The van der Waals surface area contributed by atoms with Gasteiger partial charge in [-0.2, -0.15) is 4.99 Å². The van der Waals surface area contributed by atoms with Crippen LogP contribution < -0.4 is 14.3 Å². The highest BCUT2D eigenvalue weighted by Crippen LogP contribution is 2.30. The van der Waals surface area contributed by atoms with E-state index < -0.39 is 11.9 Å². The summed E-state index contributed by atoms with van der Waals surface area (Å²) in [5.41, 5.74) is 1.02. The molecule has 0 spiro atoms. The lowest BCUT2D eigenvalue weighted by atomic mass is 10.1. The SMILES string of the molecule is COC(=O)Cn1c(=NC(=O)c2c(OC)cccc2OC)sc2c3ccccc3ccc21. The predicted molar refractivity (Wildman–Crippen MR) is 119 cm³/mol. The molecule has 0 bridgehead atoms. The fourth-order valence-corrected chi connectivity index (χ4v) is 4.60. The van der Waals surface area contributed by atoms with Crippen molar-refractivity contribution < 1.29 is 23.8 Å². The summed E-state index contributed by atoms with van der Waals surface area (Å²) in [5.74, 6) is -0.237. The van der Waals surface area contributed by atoms with E-state index in [-0.39, 0.29) is 12.1 Å². The second kappa shape index (κ2) is 8.61. The number of aromatic nitrogens is 1. The van der Waals surface area contributed by atoms with Gasteiger partial charge in [-0.15, -0.1) is 0 Å². The summed E-state index contributed by atoms with van der Waals surface area (Å²) in [7, 11) is 4.29. The summed E-state index contributed by atoms with van der Waals surface area (Å²) in [6.45, 7) is -0.0655. The second-order valence-corrected chi connectivity index (χ2v) is 7.61. The molecule has 3 aromatic carbocycles. The molecular formula is C23H20N2O5S. The number of ether oxygens (including phenoxy) is 3. The van der Waals surface area contributed by atoms with E-state index >= 15 is 0 Å². The average molecular weight is 436 g/mol. The van der Waals surface area contributed by atoms with E-state index in [1.54, 1.807) is 22.8 Å². The van der Waals surface area contributed by atoms with Gasteiger partial charge in [-0.05, 0) is 23.6 Å². The highest BCUT2D eigenvalue weighted by atomic mass is 32.1. The molecule has 0 aliphatic heterocycles. The minimum Gasteiger partial charge on any atom is -0.496 e. The highest BCUT2D eigenvalue weighted by molar-refractivity contribution is 7.17. The maximum Gasteiger partial charge on any atom is 0.325 e. The Morgan fingerprint density at radius 2 is 1.65 bits per heavy atom. The van der Waals surface area contributed by atoms with Crippen LogP contribution in [-0.4, -0.2) is 37.8 Å². The molecule has 1 aromatic heterocycles. The number of esters is 1. The van der Waals surface area contributed by atoms with Gasteiger partial charge in [0.25, 0.3) is 5.91 Å². The third-order valence-corrected chi connectivity index (χ3v) is 6.06. The highest BCUT2D eigenvalue weighted by Gasteiger charge is 2.19. The number of amides is 1. The number of hydrogen-bond acceptors (Lipinski definition) is 6. The molecule has 158 valence electrons. The number of thiazole rings is 1. The third kappa shape index (κ3) is 3.77. The second-order valence-electron chi connectivity index (χ2n) is 6.64. The van der Waals surface area contributed by atoms with Crippen molar-refractivity contribution in [2.75, 3.05) is 21.3 Å². The number of carbonyl (C=O) groups is 2. The molecule has 0 saturated heterocycles. The van der Waals surface area contributed by atoms with Gasteiger partial charge in [-0.25, -0.2) is 0 Å². The van der Waals surface area contributed by atoms with Crippen LogP contribution in [0.3, 0.4) is 0 Å². The summed E-state index contributed by atoms with van der Waals surface area (Å²) in [6, 6.07) is 16.9. The van der Waals surface area contributed by atoms with Crippen LogP contribution in [0.1, 0.15) is 10.4 Å². The van der Waals surface area contributed by atoms with Crippen LogP contribution in [0.2, 0.25) is 0 Å². The minimum absolute atomic E-state index is 0.0655. The lowest BCUT2D eigenvalue weighted by Gasteiger charge is -2.09. The van der Waals surface area contributed by atoms with Gasteiger partial charge in [0.2, 0.25) is 0 Å². The van der Waals surface area contributed by atoms with Crippen molar-refractivity contribution in [2.45, 2.75) is 6.54 Å². The van der Waals surface area contributed by atoms with E-state index in [1.807, 2.05) is 36.4 Å². The fourth-order valence-electron chi connectivity index (χ4n) is 3.44. The Bertz CT molecular complexity index is 1350. The standard InChI is InChI=1S/C23H20N2O5S/c1-28-17-9-6-10-18(29-2)20(17)22(27)24-23-25(13-19(26)30-3)16-12-11-14-7-4-5-8-15(14)21(16)31-23/h4-12H,13H2,1-3H3. The first-order valence-electron chi connectivity index (χ1n) is 9.45. The van der Waals surface area contributed by atoms with Crippen molar-refractivity contribution in [1.29, 1.82) is 0 Å². The average Bonchev–Trinajstić information content (AvgIpc) is 3.15. The maximum atomic E-state index is 13.2. The monoisotopic (exact) mass is 436 g/mol. The van der Waals surface area contributed by atoms with E-state index in [1.165, 1.54) is 32.7 Å². The Morgan fingerprint density at radius 1 is 0.935 bits per heavy atom. The van der Waals surface area contributed by atoms with Gasteiger partial charge < -0.3 is 18.8 Å². The Hall–Kier alpha value is -3.65. The molecule has 0 atom stereocenters. The molecule has 0 N–H and O–H groups in total. The van der Waals surface area contributed by atoms with Crippen LogP contribution in [0.4, 0.5) is 0 Å². The van der Waals surface area contributed by atoms with E-state index in [2.05, 4.69) is 4.99 Å². The van der Waals surface area contributed by atoms with Gasteiger partial charge in [0, 0.05) is 5.39 Å². The summed E-state index contributed by atoms with van der Waals surface area (Å²) < 4.78 is 18.2. The first-order valence-corrected chi connectivity index (χ1v) is 10.3. The van der Waals surface area contributed by atoms with Crippen molar-refractivity contribution in [1.82, 2.24) is 4.57 Å². The molecule has 4 rings (SSSR count). The van der Waals surface area contributed by atoms with Gasteiger partial charge in [-0.3, -0.25) is 9.59 Å². The molecule has 0 aliphatic rings. The molecular weight excluding hydrogens is 416 g/mol. The number of benzene rings is 3. The van der Waals surface area contributed by atoms with Crippen molar-refractivity contribution in [3.63, 3.8) is 0 Å². The van der Waals surface area contributed by atoms with Crippen molar-refractivity contribution in [2.24, 2.45) is 4.99 Å². The molecule has 1 heterocycles. The van der Waals surface area contributed by atoms with Gasteiger partial charge in [0.05, 0.1) is 31.5 Å². The third-order valence-electron chi connectivity index (χ3n) is 4.93. The van der Waals surface area contributed by atoms with Crippen LogP contribution >= 0.6 is 11.3 Å². The minimum atomic E-state index is -0.524. The first-order chi connectivity index (χ1) is 15.1. The van der Waals surface area contributed by atoms with Crippen molar-refractivity contribution in [3.8, 4) is 11.5 Å². The number of methoxy groups -OCH3 is 3. The van der Waals surface area contributed by atoms with E-state index in [0.717, 1.165) is 21.0 Å². The van der Waals surface area contributed by atoms with Gasteiger partial charge in [0.15, 0.2) is 4.80 Å². The molecule has 31 heavy (non-hydrogen) atoms. The van der Waals surface area contributed by atoms with Crippen LogP contribution in [0, 0.1) is 0 Å². The molecule has 1 amide bonds. The molecule has 4 aromatic rings. The largest absolute Gasteiger partial charge is 0.496 e. The molecule has 0 radical (unpaired) electrons. The van der Waals surface area contributed by atoms with Crippen LogP contribution in [-0.2, 0) is 16.1 Å². The zero-order chi connectivity index (χ0) is 22.0. The van der Waals surface area contributed by atoms with Crippen LogP contribution in [0.25, 0.3) is 21.0 Å². The molecule has 0 fully saturated rings. The Balaban J connectivity index is 1.97. The predicted octanol–water partition coefficient (Wildman–Crippen LogP) is 3.79. The molecule has 0 aliphatic carbocycles. The summed E-state index contributed by atoms with van der Waals surface area (Å²) in [6.07, 6.45) is 0. The normalized spacial score (nSPS) is 11.6. The molecule has 7 nitrogen and oxygen atoms in total. The quantitative estimate of drug-likeness (QED) is 0.445. The van der Waals surface area contributed by atoms with Crippen LogP contribution in [0.5, 0.6) is 11.5 Å². The Labute approximate surface area is 182 Å². The lowest BCUT2D eigenvalue weighted by molar-refractivity contribution is -0.141.